The molecular weight excluding hydrogens is 260 g/mol. The molecule has 2 rings (SSSR count). The van der Waals surface area contributed by atoms with Gasteiger partial charge >= 0.3 is 0 Å². The minimum Gasteiger partial charge on any atom is -0.329 e. The molecule has 0 atom stereocenters. The van der Waals surface area contributed by atoms with Gasteiger partial charge in [-0.2, -0.15) is 5.10 Å². The van der Waals surface area contributed by atoms with Crippen molar-refractivity contribution in [3.8, 4) is 0 Å². The number of rotatable bonds is 6. The van der Waals surface area contributed by atoms with Crippen LogP contribution in [0, 0.1) is 0 Å². The molecule has 0 aliphatic heterocycles. The number of aryl methyl sites for hydroxylation is 2. The van der Waals surface area contributed by atoms with Crippen molar-refractivity contribution < 1.29 is 0 Å². The van der Waals surface area contributed by atoms with Crippen molar-refractivity contribution in [2.45, 2.75) is 51.6 Å². The average molecular weight is 285 g/mol. The highest BCUT2D eigenvalue weighted by Crippen LogP contribution is 2.27. The van der Waals surface area contributed by atoms with E-state index < -0.39 is 0 Å². The number of aromatic nitrogens is 2. The van der Waals surface area contributed by atoms with Crippen molar-refractivity contribution >= 4 is 11.6 Å². The smallest absolute Gasteiger partial charge is 0.0863 e. The van der Waals surface area contributed by atoms with Crippen LogP contribution in [0.4, 0.5) is 0 Å². The molecule has 0 radical (unpaired) electrons. The van der Waals surface area contributed by atoms with E-state index in [-0.39, 0.29) is 0 Å². The summed E-state index contributed by atoms with van der Waals surface area (Å²) in [6.45, 7) is 4.59. The molecule has 1 aliphatic rings. The first kappa shape index (κ1) is 14.8. The quantitative estimate of drug-likeness (QED) is 0.872. The van der Waals surface area contributed by atoms with Crippen molar-refractivity contribution in [2.24, 2.45) is 12.8 Å². The van der Waals surface area contributed by atoms with Crippen LogP contribution in [0.25, 0.3) is 0 Å². The summed E-state index contributed by atoms with van der Waals surface area (Å²) < 4.78 is 1.93. The maximum absolute atomic E-state index is 6.44. The lowest BCUT2D eigenvalue weighted by atomic mass is 10.2. The summed E-state index contributed by atoms with van der Waals surface area (Å²) in [6.07, 6.45) is 6.13. The van der Waals surface area contributed by atoms with Crippen LogP contribution in [-0.2, 0) is 20.0 Å². The van der Waals surface area contributed by atoms with Crippen molar-refractivity contribution in [3.05, 3.63) is 16.4 Å². The molecule has 108 valence electrons. The predicted octanol–water partition coefficient (Wildman–Crippen LogP) is 2.34. The minimum atomic E-state index is 0.666. The molecule has 4 nitrogen and oxygen atoms in total. The van der Waals surface area contributed by atoms with E-state index in [1.54, 1.807) is 0 Å². The Morgan fingerprint density at radius 3 is 2.63 bits per heavy atom. The zero-order valence-corrected chi connectivity index (χ0v) is 12.8. The molecule has 0 unspecified atom stereocenters. The van der Waals surface area contributed by atoms with Crippen molar-refractivity contribution in [1.82, 2.24) is 14.7 Å². The normalized spacial score (nSPS) is 16.7. The van der Waals surface area contributed by atoms with E-state index in [0.29, 0.717) is 12.6 Å². The summed E-state index contributed by atoms with van der Waals surface area (Å²) in [5.41, 5.74) is 7.88. The number of hydrogen-bond acceptors (Lipinski definition) is 3. The monoisotopic (exact) mass is 284 g/mol. The molecule has 0 saturated heterocycles. The van der Waals surface area contributed by atoms with Gasteiger partial charge in [0.15, 0.2) is 0 Å². The Morgan fingerprint density at radius 1 is 1.42 bits per heavy atom. The van der Waals surface area contributed by atoms with E-state index in [4.69, 9.17) is 17.3 Å². The third kappa shape index (κ3) is 3.30. The second-order valence-corrected chi connectivity index (χ2v) is 5.76. The molecule has 1 fully saturated rings. The Bertz CT molecular complexity index is 410. The summed E-state index contributed by atoms with van der Waals surface area (Å²) in [5, 5.41) is 5.33. The molecule has 2 N–H and O–H groups in total. The Labute approximate surface area is 120 Å². The van der Waals surface area contributed by atoms with Crippen molar-refractivity contribution in [1.29, 1.82) is 0 Å². The van der Waals surface area contributed by atoms with E-state index in [0.717, 1.165) is 35.9 Å². The molecule has 0 amide bonds. The summed E-state index contributed by atoms with van der Waals surface area (Å²) in [4.78, 5) is 2.48. The van der Waals surface area contributed by atoms with Gasteiger partial charge < -0.3 is 5.73 Å². The predicted molar refractivity (Wildman–Crippen MR) is 79.3 cm³/mol. The lowest BCUT2D eigenvalue weighted by Crippen LogP contribution is -2.37. The maximum atomic E-state index is 6.44. The highest BCUT2D eigenvalue weighted by Gasteiger charge is 2.24. The van der Waals surface area contributed by atoms with Crippen LogP contribution in [0.3, 0.4) is 0 Å². The van der Waals surface area contributed by atoms with Gasteiger partial charge in [0.25, 0.3) is 0 Å². The molecule has 0 spiro atoms. The second-order valence-electron chi connectivity index (χ2n) is 5.38. The number of hydrogen-bond donors (Lipinski definition) is 1. The zero-order chi connectivity index (χ0) is 13.8. The number of halogens is 1. The van der Waals surface area contributed by atoms with Crippen molar-refractivity contribution in [3.63, 3.8) is 0 Å². The van der Waals surface area contributed by atoms with Gasteiger partial charge in [-0.05, 0) is 19.3 Å². The van der Waals surface area contributed by atoms with Crippen LogP contribution in [0.2, 0.25) is 5.02 Å². The number of nitrogens with zero attached hydrogens (tertiary/aromatic N) is 3. The van der Waals surface area contributed by atoms with Gasteiger partial charge in [0, 0.05) is 32.7 Å². The minimum absolute atomic E-state index is 0.666. The summed E-state index contributed by atoms with van der Waals surface area (Å²) >= 11 is 6.44. The third-order valence-corrected chi connectivity index (χ3v) is 4.55. The first-order valence-electron chi connectivity index (χ1n) is 7.31. The Hall–Kier alpha value is -0.580. The second kappa shape index (κ2) is 6.73. The van der Waals surface area contributed by atoms with Gasteiger partial charge in [-0.15, -0.1) is 0 Å². The molecule has 0 aromatic carbocycles. The van der Waals surface area contributed by atoms with Gasteiger partial charge in [0.05, 0.1) is 16.4 Å². The van der Waals surface area contributed by atoms with Gasteiger partial charge in [-0.3, -0.25) is 9.58 Å². The van der Waals surface area contributed by atoms with Crippen LogP contribution in [0.1, 0.15) is 44.0 Å². The van der Waals surface area contributed by atoms with E-state index in [1.807, 2.05) is 11.7 Å². The molecule has 1 saturated carbocycles. The molecule has 1 aliphatic carbocycles. The fourth-order valence-electron chi connectivity index (χ4n) is 3.01. The Balaban J connectivity index is 2.14. The van der Waals surface area contributed by atoms with Gasteiger partial charge in [-0.25, -0.2) is 0 Å². The Morgan fingerprint density at radius 2 is 2.11 bits per heavy atom. The molecule has 0 bridgehead atoms. The molecule has 1 aromatic rings. The van der Waals surface area contributed by atoms with E-state index in [2.05, 4.69) is 16.9 Å². The third-order valence-electron chi connectivity index (χ3n) is 4.11. The molecular formula is C14H25ClN4. The van der Waals surface area contributed by atoms with E-state index >= 15 is 0 Å². The van der Waals surface area contributed by atoms with Crippen LogP contribution < -0.4 is 5.73 Å². The van der Waals surface area contributed by atoms with Crippen LogP contribution in [-0.4, -0.2) is 33.8 Å². The lowest BCUT2D eigenvalue weighted by molar-refractivity contribution is 0.190. The van der Waals surface area contributed by atoms with E-state index in [9.17, 15) is 0 Å². The molecule has 1 heterocycles. The summed E-state index contributed by atoms with van der Waals surface area (Å²) in [5.74, 6) is 0. The first-order chi connectivity index (χ1) is 9.17. The molecule has 19 heavy (non-hydrogen) atoms. The van der Waals surface area contributed by atoms with Gasteiger partial charge in [-0.1, -0.05) is 31.4 Å². The lowest BCUT2D eigenvalue weighted by Gasteiger charge is -2.28. The Kier molecular flexibility index (Phi) is 5.25. The van der Waals surface area contributed by atoms with Crippen LogP contribution in [0.15, 0.2) is 0 Å². The van der Waals surface area contributed by atoms with Crippen LogP contribution in [0.5, 0.6) is 0 Å². The summed E-state index contributed by atoms with van der Waals surface area (Å²) in [6, 6.07) is 0.666. The highest BCUT2D eigenvalue weighted by molar-refractivity contribution is 6.31. The first-order valence-corrected chi connectivity index (χ1v) is 7.69. The SMILES string of the molecule is CCc1nn(C)c(CN(CCN)C2CCCC2)c1Cl. The maximum Gasteiger partial charge on any atom is 0.0863 e. The molecule has 5 heteroatoms. The van der Waals surface area contributed by atoms with Gasteiger partial charge in [0.2, 0.25) is 0 Å². The number of nitrogens with two attached hydrogens (primary N) is 1. The standard InChI is InChI=1S/C14H25ClN4/c1-3-12-14(15)13(18(2)17-12)10-19(9-8-16)11-6-4-5-7-11/h11H,3-10,16H2,1-2H3. The topological polar surface area (TPSA) is 47.1 Å². The fraction of sp³-hybridized carbons (Fsp3) is 0.786. The van der Waals surface area contributed by atoms with Crippen LogP contribution >= 0.6 is 11.6 Å². The molecule has 1 aromatic heterocycles. The largest absolute Gasteiger partial charge is 0.329 e. The highest BCUT2D eigenvalue weighted by atomic mass is 35.5. The average Bonchev–Trinajstić information content (AvgIpc) is 3.01. The van der Waals surface area contributed by atoms with Gasteiger partial charge in [0.1, 0.15) is 0 Å². The van der Waals surface area contributed by atoms with Crippen molar-refractivity contribution in [2.75, 3.05) is 13.1 Å². The van der Waals surface area contributed by atoms with E-state index in [1.165, 1.54) is 25.7 Å². The fourth-order valence-corrected chi connectivity index (χ4v) is 3.36. The summed E-state index contributed by atoms with van der Waals surface area (Å²) in [7, 11) is 1.98. The zero-order valence-electron chi connectivity index (χ0n) is 12.0.